The second kappa shape index (κ2) is 7.75. The van der Waals surface area contributed by atoms with Crippen molar-refractivity contribution < 1.29 is 19.1 Å². The summed E-state index contributed by atoms with van der Waals surface area (Å²) in [5.41, 5.74) is 0.0702. The molecule has 132 valence electrons. The van der Waals surface area contributed by atoms with Gasteiger partial charge in [0.05, 0.1) is 5.92 Å². The van der Waals surface area contributed by atoms with Gasteiger partial charge in [-0.15, -0.1) is 0 Å². The molecular formula is C18H25FN2O3. The number of aliphatic hydroxyl groups excluding tert-OH is 1. The van der Waals surface area contributed by atoms with E-state index < -0.39 is 0 Å². The predicted octanol–water partition coefficient (Wildman–Crippen LogP) is 1.70. The number of aliphatic hydroxyl groups is 1. The second-order valence-corrected chi connectivity index (χ2v) is 7.14. The van der Waals surface area contributed by atoms with E-state index in [1.165, 1.54) is 6.07 Å². The Hall–Kier alpha value is -1.95. The molecular weight excluding hydrogens is 311 g/mol. The van der Waals surface area contributed by atoms with Crippen molar-refractivity contribution in [2.45, 2.75) is 33.2 Å². The highest BCUT2D eigenvalue weighted by Crippen LogP contribution is 2.21. The minimum absolute atomic E-state index is 0.0180. The summed E-state index contributed by atoms with van der Waals surface area (Å²) in [4.78, 5) is 26.0. The highest BCUT2D eigenvalue weighted by Gasteiger charge is 2.31. The molecule has 0 saturated carbocycles. The summed E-state index contributed by atoms with van der Waals surface area (Å²) in [6.45, 7) is 4.55. The topological polar surface area (TPSA) is 69.6 Å². The molecule has 1 fully saturated rings. The molecule has 1 atom stereocenters. The number of carbonyl (C=O) groups excluding carboxylic acids is 2. The smallest absolute Gasteiger partial charge is 0.224 e. The minimum Gasteiger partial charge on any atom is -0.396 e. The van der Waals surface area contributed by atoms with Gasteiger partial charge in [-0.3, -0.25) is 9.59 Å². The largest absolute Gasteiger partial charge is 0.396 e. The Bertz CT molecular complexity index is 604. The van der Waals surface area contributed by atoms with E-state index in [0.29, 0.717) is 25.1 Å². The first kappa shape index (κ1) is 18.4. The number of carbonyl (C=O) groups is 2. The molecule has 0 spiro atoms. The Morgan fingerprint density at radius 2 is 2.12 bits per heavy atom. The van der Waals surface area contributed by atoms with Gasteiger partial charge >= 0.3 is 0 Å². The first-order chi connectivity index (χ1) is 11.3. The van der Waals surface area contributed by atoms with E-state index in [4.69, 9.17) is 0 Å². The van der Waals surface area contributed by atoms with Gasteiger partial charge in [-0.25, -0.2) is 4.39 Å². The van der Waals surface area contributed by atoms with Crippen LogP contribution >= 0.6 is 0 Å². The van der Waals surface area contributed by atoms with Crippen LogP contribution in [0.3, 0.4) is 0 Å². The van der Waals surface area contributed by atoms with Crippen molar-refractivity contribution in [3.05, 3.63) is 35.6 Å². The van der Waals surface area contributed by atoms with Gasteiger partial charge in [-0.1, -0.05) is 32.0 Å². The van der Waals surface area contributed by atoms with Crippen LogP contribution in [0.2, 0.25) is 0 Å². The van der Waals surface area contributed by atoms with Gasteiger partial charge in [-0.2, -0.15) is 0 Å². The van der Waals surface area contributed by atoms with E-state index >= 15 is 0 Å². The van der Waals surface area contributed by atoms with Crippen molar-refractivity contribution >= 4 is 11.8 Å². The number of benzene rings is 1. The van der Waals surface area contributed by atoms with Crippen molar-refractivity contribution in [3.8, 4) is 0 Å². The number of rotatable bonds is 6. The average molecular weight is 336 g/mol. The fourth-order valence-electron chi connectivity index (χ4n) is 2.64. The van der Waals surface area contributed by atoms with Gasteiger partial charge < -0.3 is 15.3 Å². The minimum atomic E-state index is -0.382. The Morgan fingerprint density at radius 1 is 1.42 bits per heavy atom. The summed E-state index contributed by atoms with van der Waals surface area (Å²) in [6, 6.07) is 6.35. The SMILES string of the molecule is CC(C)(CO)CNC(=O)C1CCC(=O)N(Cc2ccccc2F)C1. The number of hydrogen-bond acceptors (Lipinski definition) is 3. The van der Waals surface area contributed by atoms with Gasteiger partial charge in [0.25, 0.3) is 0 Å². The molecule has 0 aliphatic carbocycles. The summed E-state index contributed by atoms with van der Waals surface area (Å²) in [6.07, 6.45) is 0.786. The van der Waals surface area contributed by atoms with E-state index in [1.54, 1.807) is 23.1 Å². The highest BCUT2D eigenvalue weighted by molar-refractivity contribution is 5.83. The standard InChI is InChI=1S/C18H25FN2O3/c1-18(2,12-22)11-20-17(24)14-7-8-16(23)21(10-14)9-13-5-3-4-6-15(13)19/h3-6,14,22H,7-12H2,1-2H3,(H,20,24). The summed E-state index contributed by atoms with van der Waals surface area (Å²) in [7, 11) is 0. The Kier molecular flexibility index (Phi) is 5.94. The Balaban J connectivity index is 1.96. The molecule has 1 aliphatic rings. The van der Waals surface area contributed by atoms with Crippen LogP contribution in [0, 0.1) is 17.2 Å². The summed E-state index contributed by atoms with van der Waals surface area (Å²) < 4.78 is 13.8. The van der Waals surface area contributed by atoms with Crippen LogP contribution in [0.4, 0.5) is 4.39 Å². The van der Waals surface area contributed by atoms with E-state index in [-0.39, 0.29) is 48.5 Å². The van der Waals surface area contributed by atoms with Gasteiger partial charge in [0.2, 0.25) is 11.8 Å². The zero-order valence-corrected chi connectivity index (χ0v) is 14.2. The number of hydrogen-bond donors (Lipinski definition) is 2. The van der Waals surface area contributed by atoms with E-state index in [2.05, 4.69) is 5.32 Å². The maximum absolute atomic E-state index is 13.8. The molecule has 1 aromatic rings. The quantitative estimate of drug-likeness (QED) is 0.831. The third kappa shape index (κ3) is 4.77. The monoisotopic (exact) mass is 336 g/mol. The molecule has 0 aromatic heterocycles. The van der Waals surface area contributed by atoms with Gasteiger partial charge in [0.15, 0.2) is 0 Å². The average Bonchev–Trinajstić information content (AvgIpc) is 2.56. The van der Waals surface area contributed by atoms with Crippen LogP contribution in [-0.2, 0) is 16.1 Å². The van der Waals surface area contributed by atoms with Crippen LogP contribution in [0.1, 0.15) is 32.3 Å². The van der Waals surface area contributed by atoms with Crippen LogP contribution in [0.25, 0.3) is 0 Å². The van der Waals surface area contributed by atoms with Gasteiger partial charge in [0.1, 0.15) is 5.82 Å². The van der Waals surface area contributed by atoms with Gasteiger partial charge in [-0.05, 0) is 12.5 Å². The lowest BCUT2D eigenvalue weighted by Gasteiger charge is -2.33. The zero-order chi connectivity index (χ0) is 17.7. The molecule has 1 unspecified atom stereocenters. The molecule has 2 rings (SSSR count). The fraction of sp³-hybridized carbons (Fsp3) is 0.556. The summed E-state index contributed by atoms with van der Waals surface area (Å²) >= 11 is 0. The number of amides is 2. The maximum Gasteiger partial charge on any atom is 0.224 e. The van der Waals surface area contributed by atoms with Gasteiger partial charge in [0, 0.05) is 43.6 Å². The lowest BCUT2D eigenvalue weighted by Crippen LogP contribution is -2.47. The van der Waals surface area contributed by atoms with Crippen LogP contribution < -0.4 is 5.32 Å². The lowest BCUT2D eigenvalue weighted by molar-refractivity contribution is -0.139. The van der Waals surface area contributed by atoms with Crippen LogP contribution in [0.15, 0.2) is 24.3 Å². The molecule has 2 amide bonds. The van der Waals surface area contributed by atoms with Crippen molar-refractivity contribution in [2.24, 2.45) is 11.3 Å². The second-order valence-electron chi connectivity index (χ2n) is 7.14. The van der Waals surface area contributed by atoms with Crippen molar-refractivity contribution in [1.82, 2.24) is 10.2 Å². The normalized spacial score (nSPS) is 18.6. The molecule has 24 heavy (non-hydrogen) atoms. The molecule has 6 heteroatoms. The molecule has 1 aliphatic heterocycles. The zero-order valence-electron chi connectivity index (χ0n) is 14.2. The Labute approximate surface area is 141 Å². The van der Waals surface area contributed by atoms with Crippen molar-refractivity contribution in [1.29, 1.82) is 0 Å². The third-order valence-electron chi connectivity index (χ3n) is 4.36. The maximum atomic E-state index is 13.8. The number of likely N-dealkylation sites (tertiary alicyclic amines) is 1. The number of nitrogens with one attached hydrogen (secondary N) is 1. The third-order valence-corrected chi connectivity index (χ3v) is 4.36. The number of halogens is 1. The number of piperidine rings is 1. The molecule has 5 nitrogen and oxygen atoms in total. The molecule has 1 heterocycles. The van der Waals surface area contributed by atoms with E-state index in [0.717, 1.165) is 0 Å². The van der Waals surface area contributed by atoms with Crippen molar-refractivity contribution in [2.75, 3.05) is 19.7 Å². The molecule has 0 bridgehead atoms. The van der Waals surface area contributed by atoms with Crippen LogP contribution in [-0.4, -0.2) is 41.5 Å². The number of nitrogens with zero attached hydrogens (tertiary/aromatic N) is 1. The Morgan fingerprint density at radius 3 is 2.79 bits per heavy atom. The highest BCUT2D eigenvalue weighted by atomic mass is 19.1. The van der Waals surface area contributed by atoms with E-state index in [1.807, 2.05) is 13.8 Å². The summed E-state index contributed by atoms with van der Waals surface area (Å²) in [5.74, 6) is -0.828. The van der Waals surface area contributed by atoms with Crippen molar-refractivity contribution in [3.63, 3.8) is 0 Å². The first-order valence-corrected chi connectivity index (χ1v) is 8.22. The predicted molar refractivity (Wildman–Crippen MR) is 88.4 cm³/mol. The molecule has 0 radical (unpaired) electrons. The first-order valence-electron chi connectivity index (χ1n) is 8.22. The lowest BCUT2D eigenvalue weighted by atomic mass is 9.93. The van der Waals surface area contributed by atoms with E-state index in [9.17, 15) is 19.1 Å². The fourth-order valence-corrected chi connectivity index (χ4v) is 2.64. The summed E-state index contributed by atoms with van der Waals surface area (Å²) in [5, 5.41) is 12.1. The molecule has 2 N–H and O–H groups in total. The van der Waals surface area contributed by atoms with Crippen LogP contribution in [0.5, 0.6) is 0 Å². The molecule has 1 aromatic carbocycles. The molecule has 1 saturated heterocycles.